The van der Waals surface area contributed by atoms with Crippen molar-refractivity contribution in [2.24, 2.45) is 0 Å². The molecule has 1 saturated heterocycles. The van der Waals surface area contributed by atoms with Crippen LogP contribution < -0.4 is 10.5 Å². The topological polar surface area (TPSA) is 105 Å². The van der Waals surface area contributed by atoms with E-state index >= 15 is 0 Å². The van der Waals surface area contributed by atoms with Crippen molar-refractivity contribution < 1.29 is 18.3 Å². The van der Waals surface area contributed by atoms with E-state index in [4.69, 9.17) is 0 Å². The van der Waals surface area contributed by atoms with E-state index in [0.29, 0.717) is 55.4 Å². The standard InChI is InChI=1S/C24H26F3N7O2/c1-2-8-34-22(36)19-21(31-23(34)32-9-6-18(35)7-10-32)30-20(29-19)16-12-28-33(14-16)13-15-4-3-5-17(11-15)24(25,26)27/h3-5,11-12,14,18,35H,2,6-10,13H2,1H3,(H,29,30). The molecule has 0 amide bonds. The van der Waals surface area contributed by atoms with E-state index in [1.165, 1.54) is 10.7 Å². The van der Waals surface area contributed by atoms with Crippen molar-refractivity contribution in [3.8, 4) is 11.4 Å². The Hall–Kier alpha value is -3.67. The van der Waals surface area contributed by atoms with Gasteiger partial charge in [-0.3, -0.25) is 14.0 Å². The zero-order valence-electron chi connectivity index (χ0n) is 19.7. The Labute approximate surface area is 204 Å². The quantitative estimate of drug-likeness (QED) is 0.420. The molecular weight excluding hydrogens is 475 g/mol. The van der Waals surface area contributed by atoms with Gasteiger partial charge in [0.15, 0.2) is 11.2 Å². The predicted octanol–water partition coefficient (Wildman–Crippen LogP) is 3.42. The van der Waals surface area contributed by atoms with Gasteiger partial charge in [0.25, 0.3) is 5.56 Å². The normalized spacial score (nSPS) is 15.2. The summed E-state index contributed by atoms with van der Waals surface area (Å²) in [6.07, 6.45) is 0.414. The number of nitrogens with zero attached hydrogens (tertiary/aromatic N) is 6. The van der Waals surface area contributed by atoms with Crippen LogP contribution in [0, 0.1) is 0 Å². The van der Waals surface area contributed by atoms with E-state index in [9.17, 15) is 23.1 Å². The Morgan fingerprint density at radius 1 is 1.19 bits per heavy atom. The van der Waals surface area contributed by atoms with Crippen molar-refractivity contribution in [1.82, 2.24) is 29.3 Å². The number of aliphatic hydroxyl groups excluding tert-OH is 1. The molecule has 5 rings (SSSR count). The van der Waals surface area contributed by atoms with E-state index in [2.05, 4.69) is 20.1 Å². The zero-order valence-corrected chi connectivity index (χ0v) is 19.7. The lowest BCUT2D eigenvalue weighted by Crippen LogP contribution is -2.40. The van der Waals surface area contributed by atoms with Crippen LogP contribution in [0.2, 0.25) is 0 Å². The summed E-state index contributed by atoms with van der Waals surface area (Å²) in [7, 11) is 0. The minimum absolute atomic E-state index is 0.149. The first-order valence-corrected chi connectivity index (χ1v) is 11.9. The second kappa shape index (κ2) is 9.41. The van der Waals surface area contributed by atoms with Crippen LogP contribution in [-0.4, -0.2) is 53.6 Å². The number of anilines is 1. The van der Waals surface area contributed by atoms with Crippen LogP contribution in [0.1, 0.15) is 37.3 Å². The van der Waals surface area contributed by atoms with Gasteiger partial charge in [0.2, 0.25) is 5.95 Å². The number of aromatic amines is 1. The van der Waals surface area contributed by atoms with Crippen LogP contribution in [-0.2, 0) is 19.3 Å². The molecule has 1 fully saturated rings. The van der Waals surface area contributed by atoms with Crippen LogP contribution >= 0.6 is 0 Å². The average Bonchev–Trinajstić information content (AvgIpc) is 3.48. The SMILES string of the molecule is CCCn1c(N2CCC(O)CC2)nc2nc(-c3cnn(Cc4cccc(C(F)(F)F)c4)c3)[nH]c2c1=O. The summed E-state index contributed by atoms with van der Waals surface area (Å²) in [5, 5.41) is 14.1. The first-order valence-electron chi connectivity index (χ1n) is 11.9. The fourth-order valence-electron chi connectivity index (χ4n) is 4.45. The molecular formula is C24H26F3N7O2. The Kier molecular flexibility index (Phi) is 6.29. The second-order valence-electron chi connectivity index (χ2n) is 9.00. The van der Waals surface area contributed by atoms with Gasteiger partial charge in [-0.1, -0.05) is 19.1 Å². The molecule has 3 aromatic heterocycles. The molecule has 0 bridgehead atoms. The molecule has 0 aliphatic carbocycles. The van der Waals surface area contributed by atoms with Crippen LogP contribution in [0.5, 0.6) is 0 Å². The number of nitrogens with one attached hydrogen (secondary N) is 1. The lowest BCUT2D eigenvalue weighted by Gasteiger charge is -2.31. The highest BCUT2D eigenvalue weighted by Gasteiger charge is 2.30. The van der Waals surface area contributed by atoms with Gasteiger partial charge in [-0.2, -0.15) is 23.3 Å². The number of halogens is 3. The summed E-state index contributed by atoms with van der Waals surface area (Å²) in [6, 6.07) is 5.11. The maximum atomic E-state index is 13.3. The largest absolute Gasteiger partial charge is 0.416 e. The third kappa shape index (κ3) is 4.72. The van der Waals surface area contributed by atoms with Gasteiger partial charge in [-0.25, -0.2) is 4.98 Å². The number of imidazole rings is 1. The Morgan fingerprint density at radius 2 is 1.97 bits per heavy atom. The van der Waals surface area contributed by atoms with Gasteiger partial charge in [-0.15, -0.1) is 0 Å². The van der Waals surface area contributed by atoms with Gasteiger partial charge in [0.1, 0.15) is 5.82 Å². The summed E-state index contributed by atoms with van der Waals surface area (Å²) in [5.41, 5.74) is 0.684. The molecule has 0 spiro atoms. The molecule has 190 valence electrons. The van der Waals surface area contributed by atoms with Gasteiger partial charge < -0.3 is 15.0 Å². The minimum atomic E-state index is -4.41. The van der Waals surface area contributed by atoms with Crippen LogP contribution in [0.4, 0.5) is 19.1 Å². The molecule has 9 nitrogen and oxygen atoms in total. The zero-order chi connectivity index (χ0) is 25.4. The van der Waals surface area contributed by atoms with E-state index in [-0.39, 0.29) is 29.4 Å². The monoisotopic (exact) mass is 501 g/mol. The minimum Gasteiger partial charge on any atom is -0.393 e. The fourth-order valence-corrected chi connectivity index (χ4v) is 4.45. The number of rotatable bonds is 6. The summed E-state index contributed by atoms with van der Waals surface area (Å²) < 4.78 is 42.2. The summed E-state index contributed by atoms with van der Waals surface area (Å²) >= 11 is 0. The van der Waals surface area contributed by atoms with E-state index in [0.717, 1.165) is 18.6 Å². The maximum absolute atomic E-state index is 13.3. The molecule has 4 aromatic rings. The molecule has 36 heavy (non-hydrogen) atoms. The highest BCUT2D eigenvalue weighted by atomic mass is 19.4. The number of hydrogen-bond donors (Lipinski definition) is 2. The number of fused-ring (bicyclic) bond motifs is 1. The summed E-state index contributed by atoms with van der Waals surface area (Å²) in [6.45, 7) is 3.83. The maximum Gasteiger partial charge on any atom is 0.416 e. The number of aromatic nitrogens is 6. The molecule has 1 aliphatic rings. The van der Waals surface area contributed by atoms with E-state index in [1.807, 2.05) is 11.8 Å². The van der Waals surface area contributed by atoms with E-state index < -0.39 is 11.7 Å². The summed E-state index contributed by atoms with van der Waals surface area (Å²) in [5.74, 6) is 0.943. The molecule has 0 unspecified atom stereocenters. The highest BCUT2D eigenvalue weighted by molar-refractivity contribution is 5.76. The van der Waals surface area contributed by atoms with Crippen LogP contribution in [0.15, 0.2) is 41.5 Å². The molecule has 1 aromatic carbocycles. The number of piperidine rings is 1. The third-order valence-electron chi connectivity index (χ3n) is 6.29. The molecule has 12 heteroatoms. The number of aliphatic hydroxyl groups is 1. The van der Waals surface area contributed by atoms with Crippen LogP contribution in [0.25, 0.3) is 22.6 Å². The molecule has 4 heterocycles. The van der Waals surface area contributed by atoms with Gasteiger partial charge in [-0.05, 0) is 37.0 Å². The van der Waals surface area contributed by atoms with Crippen molar-refractivity contribution >= 4 is 17.1 Å². The lowest BCUT2D eigenvalue weighted by atomic mass is 10.1. The molecule has 0 atom stereocenters. The van der Waals surface area contributed by atoms with Crippen molar-refractivity contribution in [3.05, 3.63) is 58.1 Å². The Morgan fingerprint density at radius 3 is 2.69 bits per heavy atom. The fraction of sp³-hybridized carbons (Fsp3) is 0.417. The number of benzene rings is 1. The first kappa shape index (κ1) is 24.0. The van der Waals surface area contributed by atoms with Crippen molar-refractivity contribution in [2.45, 2.75) is 51.6 Å². The summed E-state index contributed by atoms with van der Waals surface area (Å²) in [4.78, 5) is 27.6. The highest BCUT2D eigenvalue weighted by Crippen LogP contribution is 2.30. The van der Waals surface area contributed by atoms with Gasteiger partial charge in [0.05, 0.1) is 30.0 Å². The molecule has 1 aliphatic heterocycles. The van der Waals surface area contributed by atoms with Crippen molar-refractivity contribution in [1.29, 1.82) is 0 Å². The van der Waals surface area contributed by atoms with Crippen molar-refractivity contribution in [3.63, 3.8) is 0 Å². The molecule has 2 N–H and O–H groups in total. The predicted molar refractivity (Wildman–Crippen MR) is 128 cm³/mol. The van der Waals surface area contributed by atoms with Gasteiger partial charge in [0, 0.05) is 25.8 Å². The Bertz CT molecular complexity index is 1430. The number of H-pyrrole nitrogens is 1. The lowest BCUT2D eigenvalue weighted by molar-refractivity contribution is -0.137. The number of hydrogen-bond acceptors (Lipinski definition) is 6. The van der Waals surface area contributed by atoms with Crippen LogP contribution in [0.3, 0.4) is 0 Å². The first-order chi connectivity index (χ1) is 17.2. The molecule has 0 radical (unpaired) electrons. The number of alkyl halides is 3. The van der Waals surface area contributed by atoms with Gasteiger partial charge >= 0.3 is 6.18 Å². The third-order valence-corrected chi connectivity index (χ3v) is 6.29. The average molecular weight is 502 g/mol. The van der Waals surface area contributed by atoms with E-state index in [1.54, 1.807) is 23.0 Å². The molecule has 0 saturated carbocycles. The Balaban J connectivity index is 1.45. The smallest absolute Gasteiger partial charge is 0.393 e. The second-order valence-corrected chi connectivity index (χ2v) is 9.00. The van der Waals surface area contributed by atoms with Crippen molar-refractivity contribution in [2.75, 3.05) is 18.0 Å².